The second-order valence-electron chi connectivity index (χ2n) is 3.63. The molecule has 0 aromatic heterocycles. The first kappa shape index (κ1) is 16.2. The SMILES string of the molecule is CN(CC(=O)O)S(=O)(=O)c1ccc(OC(F)F)c(F)c1. The van der Waals surface area contributed by atoms with Gasteiger partial charge in [-0.1, -0.05) is 0 Å². The first-order valence-corrected chi connectivity index (χ1v) is 6.51. The van der Waals surface area contributed by atoms with Crippen LogP contribution in [0.1, 0.15) is 0 Å². The minimum atomic E-state index is -4.23. The Labute approximate surface area is 112 Å². The minimum absolute atomic E-state index is 0.478. The highest BCUT2D eigenvalue weighted by Gasteiger charge is 2.24. The molecule has 0 aliphatic rings. The molecule has 0 bridgehead atoms. The molecule has 1 N–H and O–H groups in total. The number of sulfonamides is 1. The van der Waals surface area contributed by atoms with Gasteiger partial charge in [0.05, 0.1) is 4.90 Å². The average Bonchev–Trinajstić information content (AvgIpc) is 2.30. The summed E-state index contributed by atoms with van der Waals surface area (Å²) in [6, 6.07) is 2.04. The van der Waals surface area contributed by atoms with Crippen molar-refractivity contribution in [1.82, 2.24) is 4.31 Å². The Bertz CT molecular complexity index is 605. The fourth-order valence-corrected chi connectivity index (χ4v) is 2.42. The predicted molar refractivity (Wildman–Crippen MR) is 60.5 cm³/mol. The predicted octanol–water partition coefficient (Wildman–Crippen LogP) is 1.13. The van der Waals surface area contributed by atoms with Crippen molar-refractivity contribution in [1.29, 1.82) is 0 Å². The van der Waals surface area contributed by atoms with E-state index >= 15 is 0 Å². The van der Waals surface area contributed by atoms with Gasteiger partial charge in [-0.2, -0.15) is 13.1 Å². The zero-order valence-corrected chi connectivity index (χ0v) is 10.9. The summed E-state index contributed by atoms with van der Waals surface area (Å²) in [5.74, 6) is -3.50. The second kappa shape index (κ2) is 6.09. The molecule has 0 heterocycles. The summed E-state index contributed by atoms with van der Waals surface area (Å²) in [7, 11) is -3.24. The van der Waals surface area contributed by atoms with Gasteiger partial charge in [-0.3, -0.25) is 4.79 Å². The molecular formula is C10H10F3NO5S. The molecule has 0 saturated heterocycles. The van der Waals surface area contributed by atoms with Gasteiger partial charge in [0.25, 0.3) is 0 Å². The van der Waals surface area contributed by atoms with Crippen molar-refractivity contribution in [3.63, 3.8) is 0 Å². The van der Waals surface area contributed by atoms with Gasteiger partial charge in [-0.15, -0.1) is 0 Å². The summed E-state index contributed by atoms with van der Waals surface area (Å²) in [4.78, 5) is 9.88. The van der Waals surface area contributed by atoms with Crippen molar-refractivity contribution in [2.75, 3.05) is 13.6 Å². The van der Waals surface area contributed by atoms with Gasteiger partial charge < -0.3 is 9.84 Å². The average molecular weight is 313 g/mol. The van der Waals surface area contributed by atoms with Gasteiger partial charge in [0.2, 0.25) is 10.0 Å². The summed E-state index contributed by atoms with van der Waals surface area (Å²) in [6.45, 7) is -4.07. The van der Waals surface area contributed by atoms with Crippen molar-refractivity contribution in [2.45, 2.75) is 11.5 Å². The van der Waals surface area contributed by atoms with Gasteiger partial charge in [-0.05, 0) is 18.2 Å². The van der Waals surface area contributed by atoms with Gasteiger partial charge in [-0.25, -0.2) is 12.8 Å². The molecule has 1 rings (SSSR count). The van der Waals surface area contributed by atoms with Crippen LogP contribution in [0, 0.1) is 5.82 Å². The molecule has 0 fully saturated rings. The van der Waals surface area contributed by atoms with E-state index < -0.39 is 45.6 Å². The summed E-state index contributed by atoms with van der Waals surface area (Å²) in [6.07, 6.45) is 0. The van der Waals surface area contributed by atoms with Crippen molar-refractivity contribution >= 4 is 16.0 Å². The first-order chi connectivity index (χ1) is 9.14. The van der Waals surface area contributed by atoms with Gasteiger partial charge in [0.15, 0.2) is 11.6 Å². The Balaban J connectivity index is 3.08. The molecule has 10 heteroatoms. The summed E-state index contributed by atoms with van der Waals surface area (Å²) < 4.78 is 65.3. The number of ether oxygens (including phenoxy) is 1. The molecule has 0 aliphatic heterocycles. The van der Waals surface area contributed by atoms with E-state index in [1.54, 1.807) is 0 Å². The normalized spacial score (nSPS) is 11.9. The van der Waals surface area contributed by atoms with E-state index in [4.69, 9.17) is 5.11 Å². The Morgan fingerprint density at radius 1 is 1.45 bits per heavy atom. The quantitative estimate of drug-likeness (QED) is 0.851. The molecule has 0 amide bonds. The number of rotatable bonds is 6. The van der Waals surface area contributed by atoms with E-state index in [1.807, 2.05) is 0 Å². The molecule has 0 atom stereocenters. The standard InChI is InChI=1S/C10H10F3NO5S/c1-14(5-9(15)16)20(17,18)6-2-3-8(7(11)4-6)19-10(12)13/h2-4,10H,5H2,1H3,(H,15,16). The smallest absolute Gasteiger partial charge is 0.387 e. The number of carbonyl (C=O) groups is 1. The lowest BCUT2D eigenvalue weighted by atomic mass is 10.3. The molecule has 20 heavy (non-hydrogen) atoms. The van der Waals surface area contributed by atoms with Crippen molar-refractivity contribution in [3.8, 4) is 5.75 Å². The highest BCUT2D eigenvalue weighted by atomic mass is 32.2. The molecule has 0 radical (unpaired) electrons. The lowest BCUT2D eigenvalue weighted by Gasteiger charge is -2.15. The number of halogens is 3. The van der Waals surface area contributed by atoms with Crippen LogP contribution < -0.4 is 4.74 Å². The number of benzene rings is 1. The molecule has 6 nitrogen and oxygen atoms in total. The maximum absolute atomic E-state index is 13.4. The number of carboxylic acids is 1. The highest BCUT2D eigenvalue weighted by molar-refractivity contribution is 7.89. The fraction of sp³-hybridized carbons (Fsp3) is 0.300. The van der Waals surface area contributed by atoms with Crippen LogP contribution in [0.5, 0.6) is 5.75 Å². The van der Waals surface area contributed by atoms with Crippen LogP contribution in [0.4, 0.5) is 13.2 Å². The number of hydrogen-bond acceptors (Lipinski definition) is 4. The second-order valence-corrected chi connectivity index (χ2v) is 5.67. The number of nitrogens with zero attached hydrogens (tertiary/aromatic N) is 1. The largest absolute Gasteiger partial charge is 0.480 e. The van der Waals surface area contributed by atoms with Crippen LogP contribution in [0.15, 0.2) is 23.1 Å². The number of likely N-dealkylation sites (N-methyl/N-ethyl adjacent to an activating group) is 1. The summed E-state index contributed by atoms with van der Waals surface area (Å²) in [5.41, 5.74) is 0. The maximum atomic E-state index is 13.4. The number of aliphatic carboxylic acids is 1. The van der Waals surface area contributed by atoms with Gasteiger partial charge in [0.1, 0.15) is 6.54 Å². The molecule has 0 spiro atoms. The number of carboxylic acid groups (broad SMARTS) is 1. The number of alkyl halides is 2. The lowest BCUT2D eigenvalue weighted by molar-refractivity contribution is -0.137. The third-order valence-electron chi connectivity index (χ3n) is 2.19. The fourth-order valence-electron chi connectivity index (χ4n) is 1.29. The first-order valence-electron chi connectivity index (χ1n) is 5.07. The molecular weight excluding hydrogens is 303 g/mol. The van der Waals surface area contributed by atoms with Gasteiger partial charge >= 0.3 is 12.6 Å². The molecule has 112 valence electrons. The van der Waals surface area contributed by atoms with Crippen LogP contribution in [0.3, 0.4) is 0 Å². The van der Waals surface area contributed by atoms with E-state index in [9.17, 15) is 26.4 Å². The lowest BCUT2D eigenvalue weighted by Crippen LogP contribution is -2.32. The van der Waals surface area contributed by atoms with Crippen LogP contribution >= 0.6 is 0 Å². The Morgan fingerprint density at radius 3 is 2.50 bits per heavy atom. The maximum Gasteiger partial charge on any atom is 0.387 e. The summed E-state index contributed by atoms with van der Waals surface area (Å²) >= 11 is 0. The van der Waals surface area contributed by atoms with Crippen LogP contribution in [0.25, 0.3) is 0 Å². The molecule has 0 unspecified atom stereocenters. The van der Waals surface area contributed by atoms with Gasteiger partial charge in [0, 0.05) is 7.05 Å². The summed E-state index contributed by atoms with van der Waals surface area (Å²) in [5, 5.41) is 8.51. The Kier molecular flexibility index (Phi) is 4.95. The molecule has 0 saturated carbocycles. The minimum Gasteiger partial charge on any atom is -0.480 e. The van der Waals surface area contributed by atoms with E-state index in [-0.39, 0.29) is 0 Å². The third kappa shape index (κ3) is 3.84. The van der Waals surface area contributed by atoms with Crippen molar-refractivity contribution < 1.29 is 36.2 Å². The Morgan fingerprint density at radius 2 is 2.05 bits per heavy atom. The highest BCUT2D eigenvalue weighted by Crippen LogP contribution is 2.24. The topological polar surface area (TPSA) is 83.9 Å². The van der Waals surface area contributed by atoms with E-state index in [1.165, 1.54) is 0 Å². The Hall–Kier alpha value is -1.81. The zero-order valence-electron chi connectivity index (χ0n) is 10.1. The van der Waals surface area contributed by atoms with E-state index in [0.717, 1.165) is 19.2 Å². The molecule has 0 aliphatic carbocycles. The number of hydrogen-bond donors (Lipinski definition) is 1. The van der Waals surface area contributed by atoms with Crippen molar-refractivity contribution in [3.05, 3.63) is 24.0 Å². The van der Waals surface area contributed by atoms with E-state index in [2.05, 4.69) is 4.74 Å². The van der Waals surface area contributed by atoms with Crippen LogP contribution in [0.2, 0.25) is 0 Å². The third-order valence-corrected chi connectivity index (χ3v) is 3.98. The monoisotopic (exact) mass is 313 g/mol. The van der Waals surface area contributed by atoms with Crippen LogP contribution in [-0.2, 0) is 14.8 Å². The van der Waals surface area contributed by atoms with Crippen molar-refractivity contribution in [2.24, 2.45) is 0 Å². The van der Waals surface area contributed by atoms with Crippen LogP contribution in [-0.4, -0.2) is 44.0 Å². The molecule has 1 aromatic rings. The molecule has 1 aromatic carbocycles. The van der Waals surface area contributed by atoms with E-state index in [0.29, 0.717) is 10.4 Å². The zero-order chi connectivity index (χ0) is 15.5.